The molecule has 0 aromatic heterocycles. The Morgan fingerprint density at radius 1 is 1.40 bits per heavy atom. The van der Waals surface area contributed by atoms with Crippen molar-refractivity contribution in [1.82, 2.24) is 0 Å². The molecule has 0 spiro atoms. The first-order valence-electron chi connectivity index (χ1n) is 4.30. The highest BCUT2D eigenvalue weighted by atomic mass is 16.1. The molecule has 1 heteroatoms. The molecule has 2 bridgehead atoms. The summed E-state index contributed by atoms with van der Waals surface area (Å²) in [7, 11) is 0. The predicted octanol–water partition coefficient (Wildman–Crippen LogP) is 2.01. The average Bonchev–Trinajstić information content (AvgIpc) is 2.28. The lowest BCUT2D eigenvalue weighted by molar-refractivity contribution is -0.125. The van der Waals surface area contributed by atoms with E-state index in [2.05, 4.69) is 6.92 Å². The molecule has 2 rings (SSSR count). The molecule has 3 atom stereocenters. The topological polar surface area (TPSA) is 17.1 Å². The van der Waals surface area contributed by atoms with E-state index in [9.17, 15) is 4.79 Å². The van der Waals surface area contributed by atoms with Crippen LogP contribution in [0.4, 0.5) is 0 Å². The first-order chi connectivity index (χ1) is 4.77. The molecule has 0 aromatic rings. The van der Waals surface area contributed by atoms with Crippen LogP contribution in [0.15, 0.2) is 0 Å². The average molecular weight is 138 g/mol. The quantitative estimate of drug-likeness (QED) is 0.500. The van der Waals surface area contributed by atoms with E-state index in [1.54, 1.807) is 0 Å². The number of rotatable bonds is 0. The van der Waals surface area contributed by atoms with Crippen LogP contribution in [-0.2, 0) is 4.79 Å². The van der Waals surface area contributed by atoms with Crippen LogP contribution in [0.3, 0.4) is 0 Å². The van der Waals surface area contributed by atoms with Crippen molar-refractivity contribution in [3.05, 3.63) is 0 Å². The number of fused-ring (bicyclic) bond motifs is 2. The molecule has 0 amide bonds. The highest BCUT2D eigenvalue weighted by molar-refractivity contribution is 5.82. The maximum absolute atomic E-state index is 11.3. The molecule has 2 aliphatic rings. The van der Waals surface area contributed by atoms with Crippen molar-refractivity contribution in [3.63, 3.8) is 0 Å². The number of Topliss-reactive ketones (excluding diaryl/α,β-unsaturated/α-hetero) is 1. The van der Waals surface area contributed by atoms with E-state index in [-0.39, 0.29) is 0 Å². The lowest BCUT2D eigenvalue weighted by Gasteiger charge is -2.23. The van der Waals surface area contributed by atoms with E-state index in [0.717, 1.165) is 12.3 Å². The third-order valence-electron chi connectivity index (χ3n) is 3.26. The molecule has 0 radical (unpaired) electrons. The molecule has 2 saturated carbocycles. The maximum atomic E-state index is 11.3. The van der Waals surface area contributed by atoms with E-state index < -0.39 is 0 Å². The summed E-state index contributed by atoms with van der Waals surface area (Å²) in [5.41, 5.74) is 0. The first-order valence-corrected chi connectivity index (χ1v) is 4.30. The molecule has 56 valence electrons. The summed E-state index contributed by atoms with van der Waals surface area (Å²) in [6, 6.07) is 0. The Morgan fingerprint density at radius 3 is 3.00 bits per heavy atom. The number of hydrogen-bond donors (Lipinski definition) is 0. The lowest BCUT2D eigenvalue weighted by Crippen LogP contribution is -2.23. The second-order valence-electron chi connectivity index (χ2n) is 3.92. The SMILES string of the molecule is CC1CC(=O)C2CCC1C2. The zero-order valence-electron chi connectivity index (χ0n) is 6.47. The predicted molar refractivity (Wildman–Crippen MR) is 39.6 cm³/mol. The highest BCUT2D eigenvalue weighted by Crippen LogP contribution is 2.42. The molecule has 0 saturated heterocycles. The van der Waals surface area contributed by atoms with Crippen molar-refractivity contribution < 1.29 is 4.79 Å². The summed E-state index contributed by atoms with van der Waals surface area (Å²) in [4.78, 5) is 11.3. The summed E-state index contributed by atoms with van der Waals surface area (Å²) < 4.78 is 0. The fourth-order valence-corrected chi connectivity index (χ4v) is 2.48. The van der Waals surface area contributed by atoms with Crippen LogP contribution in [0.25, 0.3) is 0 Å². The Hall–Kier alpha value is -0.330. The van der Waals surface area contributed by atoms with Gasteiger partial charge >= 0.3 is 0 Å². The summed E-state index contributed by atoms with van der Waals surface area (Å²) >= 11 is 0. The Morgan fingerprint density at radius 2 is 2.20 bits per heavy atom. The minimum Gasteiger partial charge on any atom is -0.299 e. The van der Waals surface area contributed by atoms with E-state index in [1.165, 1.54) is 19.3 Å². The van der Waals surface area contributed by atoms with Crippen LogP contribution in [-0.4, -0.2) is 5.78 Å². The second-order valence-corrected chi connectivity index (χ2v) is 3.92. The molecule has 0 aromatic carbocycles. The van der Waals surface area contributed by atoms with Gasteiger partial charge in [-0.25, -0.2) is 0 Å². The number of carbonyl (C=O) groups excluding carboxylic acids is 1. The van der Waals surface area contributed by atoms with E-state index >= 15 is 0 Å². The first kappa shape index (κ1) is 6.38. The van der Waals surface area contributed by atoms with Crippen LogP contribution in [0.2, 0.25) is 0 Å². The molecule has 0 heterocycles. The Balaban J connectivity index is 2.16. The Kier molecular flexibility index (Phi) is 1.33. The van der Waals surface area contributed by atoms with E-state index in [1.807, 2.05) is 0 Å². The highest BCUT2D eigenvalue weighted by Gasteiger charge is 2.38. The summed E-state index contributed by atoms with van der Waals surface area (Å²) in [6.07, 6.45) is 4.58. The van der Waals surface area contributed by atoms with Crippen LogP contribution >= 0.6 is 0 Å². The molecular weight excluding hydrogens is 124 g/mol. The molecule has 1 nitrogen and oxygen atoms in total. The standard InChI is InChI=1S/C9H14O/c1-6-4-9(10)8-3-2-7(6)5-8/h6-8H,2-5H2,1H3. The van der Waals surface area contributed by atoms with Crippen LogP contribution < -0.4 is 0 Å². The van der Waals surface area contributed by atoms with Gasteiger partial charge in [0.15, 0.2) is 0 Å². The lowest BCUT2D eigenvalue weighted by atomic mass is 9.80. The van der Waals surface area contributed by atoms with Crippen molar-refractivity contribution in [1.29, 1.82) is 0 Å². The van der Waals surface area contributed by atoms with Gasteiger partial charge in [0, 0.05) is 12.3 Å². The van der Waals surface area contributed by atoms with Crippen molar-refractivity contribution in [2.24, 2.45) is 17.8 Å². The largest absolute Gasteiger partial charge is 0.299 e. The third kappa shape index (κ3) is 0.799. The van der Waals surface area contributed by atoms with Crippen LogP contribution in [0.5, 0.6) is 0 Å². The second kappa shape index (κ2) is 2.08. The molecule has 10 heavy (non-hydrogen) atoms. The van der Waals surface area contributed by atoms with Crippen LogP contribution in [0.1, 0.15) is 32.6 Å². The van der Waals surface area contributed by atoms with Crippen molar-refractivity contribution in [2.45, 2.75) is 32.6 Å². The molecule has 0 N–H and O–H groups in total. The molecular formula is C9H14O. The van der Waals surface area contributed by atoms with Gasteiger partial charge in [0.2, 0.25) is 0 Å². The van der Waals surface area contributed by atoms with Crippen molar-refractivity contribution >= 4 is 5.78 Å². The van der Waals surface area contributed by atoms with Crippen molar-refractivity contribution in [2.75, 3.05) is 0 Å². The fourth-order valence-electron chi connectivity index (χ4n) is 2.48. The van der Waals surface area contributed by atoms with Gasteiger partial charge in [-0.1, -0.05) is 6.92 Å². The molecule has 2 fully saturated rings. The van der Waals surface area contributed by atoms with Gasteiger partial charge in [-0.2, -0.15) is 0 Å². The van der Waals surface area contributed by atoms with Crippen molar-refractivity contribution in [3.8, 4) is 0 Å². The van der Waals surface area contributed by atoms with Gasteiger partial charge in [0.25, 0.3) is 0 Å². The van der Waals surface area contributed by atoms with Gasteiger partial charge < -0.3 is 0 Å². The fraction of sp³-hybridized carbons (Fsp3) is 0.889. The monoisotopic (exact) mass is 138 g/mol. The minimum absolute atomic E-state index is 0.473. The third-order valence-corrected chi connectivity index (χ3v) is 3.26. The zero-order valence-corrected chi connectivity index (χ0v) is 6.47. The van der Waals surface area contributed by atoms with Crippen LogP contribution in [0, 0.1) is 17.8 Å². The van der Waals surface area contributed by atoms with E-state index in [0.29, 0.717) is 17.6 Å². The summed E-state index contributed by atoms with van der Waals surface area (Å²) in [6.45, 7) is 2.23. The minimum atomic E-state index is 0.473. The smallest absolute Gasteiger partial charge is 0.136 e. The number of ketones is 1. The zero-order chi connectivity index (χ0) is 7.14. The maximum Gasteiger partial charge on any atom is 0.136 e. The Bertz CT molecular complexity index is 162. The van der Waals surface area contributed by atoms with Gasteiger partial charge in [-0.15, -0.1) is 0 Å². The molecule has 0 aliphatic heterocycles. The molecule has 3 unspecified atom stereocenters. The van der Waals surface area contributed by atoms with Gasteiger partial charge in [-0.05, 0) is 31.1 Å². The van der Waals surface area contributed by atoms with E-state index in [4.69, 9.17) is 0 Å². The van der Waals surface area contributed by atoms with Gasteiger partial charge in [-0.3, -0.25) is 4.79 Å². The summed E-state index contributed by atoms with van der Waals surface area (Å²) in [5.74, 6) is 2.59. The number of carbonyl (C=O) groups is 1. The number of hydrogen-bond acceptors (Lipinski definition) is 1. The normalized spacial score (nSPS) is 46.1. The van der Waals surface area contributed by atoms with Gasteiger partial charge in [0.05, 0.1) is 0 Å². The van der Waals surface area contributed by atoms with Gasteiger partial charge in [0.1, 0.15) is 5.78 Å². The summed E-state index contributed by atoms with van der Waals surface area (Å²) in [5, 5.41) is 0. The molecule has 2 aliphatic carbocycles. The Labute approximate surface area is 61.8 Å².